The highest BCUT2D eigenvalue weighted by Gasteiger charge is 2.13. The van der Waals surface area contributed by atoms with Gasteiger partial charge in [-0.15, -0.1) is 18.3 Å². The second-order valence-corrected chi connectivity index (χ2v) is 4.88. The lowest BCUT2D eigenvalue weighted by Gasteiger charge is -2.11. The Morgan fingerprint density at radius 2 is 2.18 bits per heavy atom. The van der Waals surface area contributed by atoms with E-state index in [9.17, 15) is 4.79 Å². The normalized spacial score (nSPS) is 11.6. The van der Waals surface area contributed by atoms with E-state index in [0.717, 1.165) is 10.6 Å². The van der Waals surface area contributed by atoms with Gasteiger partial charge in [0.15, 0.2) is 0 Å². The van der Waals surface area contributed by atoms with E-state index in [0.29, 0.717) is 6.54 Å². The van der Waals surface area contributed by atoms with E-state index in [1.54, 1.807) is 13.2 Å². The molecule has 0 fully saturated rings. The van der Waals surface area contributed by atoms with Crippen molar-refractivity contribution in [3.05, 3.63) is 36.9 Å². The number of nitrogens with one attached hydrogen (secondary N) is 1. The van der Waals surface area contributed by atoms with Crippen LogP contribution < -0.4 is 10.1 Å². The number of methoxy groups -OCH3 is 1. The number of carbonyl (C=O) groups is 1. The van der Waals surface area contributed by atoms with Crippen LogP contribution in [0.4, 0.5) is 0 Å². The molecule has 0 saturated carbocycles. The predicted octanol–water partition coefficient (Wildman–Crippen LogP) is 2.48. The van der Waals surface area contributed by atoms with Crippen molar-refractivity contribution >= 4 is 17.7 Å². The molecule has 0 aliphatic heterocycles. The van der Waals surface area contributed by atoms with Crippen LogP contribution in [-0.4, -0.2) is 24.8 Å². The van der Waals surface area contributed by atoms with Crippen LogP contribution in [0.5, 0.6) is 5.75 Å². The SMILES string of the molecule is C=CCNC(=O)[C@@H](C)Sc1ccc(OC)cc1. The Hall–Kier alpha value is -1.42. The fraction of sp³-hybridized carbons (Fsp3) is 0.308. The average molecular weight is 251 g/mol. The molecule has 17 heavy (non-hydrogen) atoms. The van der Waals surface area contributed by atoms with E-state index in [1.165, 1.54) is 11.8 Å². The van der Waals surface area contributed by atoms with Crippen molar-refractivity contribution in [2.45, 2.75) is 17.1 Å². The van der Waals surface area contributed by atoms with E-state index < -0.39 is 0 Å². The summed E-state index contributed by atoms with van der Waals surface area (Å²) in [6, 6.07) is 7.66. The Balaban J connectivity index is 2.51. The summed E-state index contributed by atoms with van der Waals surface area (Å²) in [4.78, 5) is 12.7. The van der Waals surface area contributed by atoms with Crippen LogP contribution in [0.3, 0.4) is 0 Å². The van der Waals surface area contributed by atoms with Gasteiger partial charge in [-0.05, 0) is 31.2 Å². The van der Waals surface area contributed by atoms with Gasteiger partial charge in [-0.1, -0.05) is 6.08 Å². The summed E-state index contributed by atoms with van der Waals surface area (Å²) in [6.07, 6.45) is 1.67. The smallest absolute Gasteiger partial charge is 0.233 e. The van der Waals surface area contributed by atoms with Crippen molar-refractivity contribution in [1.29, 1.82) is 0 Å². The fourth-order valence-corrected chi connectivity index (χ4v) is 2.12. The monoisotopic (exact) mass is 251 g/mol. The zero-order valence-electron chi connectivity index (χ0n) is 10.1. The maximum absolute atomic E-state index is 11.6. The first-order valence-corrected chi connectivity index (χ1v) is 6.24. The molecular weight excluding hydrogens is 234 g/mol. The molecule has 1 rings (SSSR count). The first kappa shape index (κ1) is 13.6. The van der Waals surface area contributed by atoms with Gasteiger partial charge in [-0.2, -0.15) is 0 Å². The Kier molecular flexibility index (Phi) is 5.63. The van der Waals surface area contributed by atoms with Crippen molar-refractivity contribution in [1.82, 2.24) is 5.32 Å². The molecule has 0 aromatic heterocycles. The van der Waals surface area contributed by atoms with E-state index >= 15 is 0 Å². The molecule has 3 nitrogen and oxygen atoms in total. The number of ether oxygens (including phenoxy) is 1. The lowest BCUT2D eigenvalue weighted by atomic mass is 10.3. The van der Waals surface area contributed by atoms with Gasteiger partial charge in [0.1, 0.15) is 5.75 Å². The summed E-state index contributed by atoms with van der Waals surface area (Å²) in [5.74, 6) is 0.837. The summed E-state index contributed by atoms with van der Waals surface area (Å²) in [6.45, 7) is 5.95. The fourth-order valence-electron chi connectivity index (χ4n) is 1.23. The zero-order valence-corrected chi connectivity index (χ0v) is 10.9. The second-order valence-electron chi connectivity index (χ2n) is 3.47. The van der Waals surface area contributed by atoms with Gasteiger partial charge in [0.05, 0.1) is 12.4 Å². The summed E-state index contributed by atoms with van der Waals surface area (Å²) in [5.41, 5.74) is 0. The van der Waals surface area contributed by atoms with Crippen molar-refractivity contribution in [2.75, 3.05) is 13.7 Å². The van der Waals surface area contributed by atoms with Crippen LogP contribution in [-0.2, 0) is 4.79 Å². The minimum atomic E-state index is -0.122. The van der Waals surface area contributed by atoms with Crippen LogP contribution in [0.15, 0.2) is 41.8 Å². The molecule has 0 aliphatic carbocycles. The van der Waals surface area contributed by atoms with Gasteiger partial charge in [-0.3, -0.25) is 4.79 Å². The average Bonchev–Trinajstić information content (AvgIpc) is 2.36. The maximum Gasteiger partial charge on any atom is 0.233 e. The standard InChI is InChI=1S/C13H17NO2S/c1-4-9-14-13(15)10(2)17-12-7-5-11(16-3)6-8-12/h4-8,10H,1,9H2,2-3H3,(H,14,15)/t10-/m1/s1. The van der Waals surface area contributed by atoms with E-state index in [4.69, 9.17) is 4.74 Å². The van der Waals surface area contributed by atoms with Crippen LogP contribution in [0.1, 0.15) is 6.92 Å². The summed E-state index contributed by atoms with van der Waals surface area (Å²) in [5, 5.41) is 2.65. The van der Waals surface area contributed by atoms with Gasteiger partial charge < -0.3 is 10.1 Å². The van der Waals surface area contributed by atoms with Crippen molar-refractivity contribution in [2.24, 2.45) is 0 Å². The van der Waals surface area contributed by atoms with E-state index in [-0.39, 0.29) is 11.2 Å². The van der Waals surface area contributed by atoms with Gasteiger partial charge in [0, 0.05) is 11.4 Å². The molecule has 1 amide bonds. The molecule has 1 aromatic rings. The Bertz CT molecular complexity index is 376. The summed E-state index contributed by atoms with van der Waals surface area (Å²) in [7, 11) is 1.63. The number of thioether (sulfide) groups is 1. The largest absolute Gasteiger partial charge is 0.497 e. The third-order valence-electron chi connectivity index (χ3n) is 2.16. The molecule has 4 heteroatoms. The summed E-state index contributed by atoms with van der Waals surface area (Å²) >= 11 is 1.52. The molecule has 0 spiro atoms. The molecule has 0 bridgehead atoms. The van der Waals surface area contributed by atoms with Crippen molar-refractivity contribution in [3.8, 4) is 5.75 Å². The Morgan fingerprint density at radius 1 is 1.53 bits per heavy atom. The highest BCUT2D eigenvalue weighted by molar-refractivity contribution is 8.00. The highest BCUT2D eigenvalue weighted by Crippen LogP contribution is 2.25. The quantitative estimate of drug-likeness (QED) is 0.623. The second kappa shape index (κ2) is 7.01. The number of benzene rings is 1. The highest BCUT2D eigenvalue weighted by atomic mass is 32.2. The predicted molar refractivity (Wildman–Crippen MR) is 71.5 cm³/mol. The molecule has 1 atom stereocenters. The third-order valence-corrected chi connectivity index (χ3v) is 3.27. The zero-order chi connectivity index (χ0) is 12.7. The molecule has 0 heterocycles. The topological polar surface area (TPSA) is 38.3 Å². The number of rotatable bonds is 6. The molecule has 0 radical (unpaired) electrons. The molecular formula is C13H17NO2S. The molecule has 92 valence electrons. The van der Waals surface area contributed by atoms with Crippen LogP contribution in [0.2, 0.25) is 0 Å². The Labute approximate surface area is 106 Å². The summed E-state index contributed by atoms with van der Waals surface area (Å²) < 4.78 is 5.08. The molecule has 0 unspecified atom stereocenters. The van der Waals surface area contributed by atoms with Crippen LogP contribution >= 0.6 is 11.8 Å². The van der Waals surface area contributed by atoms with Crippen molar-refractivity contribution < 1.29 is 9.53 Å². The minimum Gasteiger partial charge on any atom is -0.497 e. The Morgan fingerprint density at radius 3 is 2.71 bits per heavy atom. The van der Waals surface area contributed by atoms with Crippen LogP contribution in [0.25, 0.3) is 0 Å². The first-order chi connectivity index (χ1) is 8.17. The van der Waals surface area contributed by atoms with Gasteiger partial charge in [0.2, 0.25) is 5.91 Å². The number of hydrogen-bond acceptors (Lipinski definition) is 3. The lowest BCUT2D eigenvalue weighted by molar-refractivity contribution is -0.120. The van der Waals surface area contributed by atoms with Gasteiger partial charge in [-0.25, -0.2) is 0 Å². The maximum atomic E-state index is 11.6. The molecule has 0 saturated heterocycles. The molecule has 1 aromatic carbocycles. The first-order valence-electron chi connectivity index (χ1n) is 5.36. The van der Waals surface area contributed by atoms with Gasteiger partial charge in [0.25, 0.3) is 0 Å². The number of amides is 1. The van der Waals surface area contributed by atoms with Crippen molar-refractivity contribution in [3.63, 3.8) is 0 Å². The number of hydrogen-bond donors (Lipinski definition) is 1. The lowest BCUT2D eigenvalue weighted by Crippen LogP contribution is -2.30. The minimum absolute atomic E-state index is 0.0192. The third kappa shape index (κ3) is 4.53. The number of carbonyl (C=O) groups excluding carboxylic acids is 1. The van der Waals surface area contributed by atoms with E-state index in [2.05, 4.69) is 11.9 Å². The molecule has 1 N–H and O–H groups in total. The molecule has 0 aliphatic rings. The van der Waals surface area contributed by atoms with Crippen LogP contribution in [0, 0.1) is 0 Å². The van der Waals surface area contributed by atoms with E-state index in [1.807, 2.05) is 31.2 Å². The van der Waals surface area contributed by atoms with Gasteiger partial charge >= 0.3 is 0 Å².